The standard InChI is InChI=1S/C7H17BrOSi/c1-4-10(5-2,9-3)7-6-8/h4-7H2,1-3H3. The van der Waals surface area contributed by atoms with E-state index in [-0.39, 0.29) is 0 Å². The number of rotatable bonds is 5. The van der Waals surface area contributed by atoms with Crippen LogP contribution in [-0.2, 0) is 4.43 Å². The minimum Gasteiger partial charge on any atom is -0.420 e. The molecular weight excluding hydrogens is 208 g/mol. The van der Waals surface area contributed by atoms with Gasteiger partial charge in [0.15, 0.2) is 8.32 Å². The molecule has 0 rings (SSSR count). The van der Waals surface area contributed by atoms with Crippen LogP contribution >= 0.6 is 15.9 Å². The van der Waals surface area contributed by atoms with E-state index < -0.39 is 8.32 Å². The molecule has 0 bridgehead atoms. The first-order valence-electron chi connectivity index (χ1n) is 3.85. The van der Waals surface area contributed by atoms with Crippen LogP contribution in [0.4, 0.5) is 0 Å². The molecule has 0 saturated heterocycles. The lowest BCUT2D eigenvalue weighted by molar-refractivity contribution is 0.393. The molecule has 10 heavy (non-hydrogen) atoms. The van der Waals surface area contributed by atoms with E-state index in [0.29, 0.717) is 0 Å². The van der Waals surface area contributed by atoms with Gasteiger partial charge in [-0.05, 0) is 18.1 Å². The fourth-order valence-electron chi connectivity index (χ4n) is 1.17. The molecule has 0 spiro atoms. The first kappa shape index (κ1) is 10.7. The Balaban J connectivity index is 3.87. The van der Waals surface area contributed by atoms with Gasteiger partial charge in [0, 0.05) is 12.4 Å². The first-order chi connectivity index (χ1) is 4.74. The molecule has 0 atom stereocenters. The van der Waals surface area contributed by atoms with Gasteiger partial charge in [-0.2, -0.15) is 0 Å². The molecule has 0 heterocycles. The van der Waals surface area contributed by atoms with Crippen LogP contribution in [0.15, 0.2) is 0 Å². The van der Waals surface area contributed by atoms with E-state index in [1.54, 1.807) is 0 Å². The first-order valence-corrected chi connectivity index (χ1v) is 7.51. The summed E-state index contributed by atoms with van der Waals surface area (Å²) in [5, 5.41) is 1.09. The molecule has 0 radical (unpaired) electrons. The fourth-order valence-corrected chi connectivity index (χ4v) is 5.67. The van der Waals surface area contributed by atoms with Crippen LogP contribution in [0, 0.1) is 0 Å². The zero-order valence-corrected chi connectivity index (χ0v) is 9.70. The molecule has 0 aliphatic carbocycles. The molecule has 0 N–H and O–H groups in total. The molecule has 0 aromatic heterocycles. The molecular formula is C7H17BrOSi. The van der Waals surface area contributed by atoms with Gasteiger partial charge in [0.2, 0.25) is 0 Å². The largest absolute Gasteiger partial charge is 0.420 e. The molecule has 0 amide bonds. The van der Waals surface area contributed by atoms with Crippen molar-refractivity contribution < 1.29 is 4.43 Å². The lowest BCUT2D eigenvalue weighted by Crippen LogP contribution is -2.35. The molecule has 0 saturated carbocycles. The van der Waals surface area contributed by atoms with Crippen LogP contribution in [0.5, 0.6) is 0 Å². The molecule has 62 valence electrons. The Kier molecular flexibility index (Phi) is 5.68. The van der Waals surface area contributed by atoms with Crippen LogP contribution in [-0.4, -0.2) is 20.8 Å². The van der Waals surface area contributed by atoms with Gasteiger partial charge >= 0.3 is 0 Å². The Morgan fingerprint density at radius 2 is 1.80 bits per heavy atom. The predicted octanol–water partition coefficient (Wildman–Crippen LogP) is 3.01. The van der Waals surface area contributed by atoms with Crippen molar-refractivity contribution in [3.63, 3.8) is 0 Å². The summed E-state index contributed by atoms with van der Waals surface area (Å²) in [6.45, 7) is 4.48. The van der Waals surface area contributed by atoms with Crippen LogP contribution < -0.4 is 0 Å². The van der Waals surface area contributed by atoms with Crippen molar-refractivity contribution in [2.45, 2.75) is 32.0 Å². The van der Waals surface area contributed by atoms with Crippen molar-refractivity contribution in [1.29, 1.82) is 0 Å². The van der Waals surface area contributed by atoms with Gasteiger partial charge in [-0.3, -0.25) is 0 Å². The molecule has 3 heteroatoms. The van der Waals surface area contributed by atoms with E-state index >= 15 is 0 Å². The maximum atomic E-state index is 5.59. The minimum atomic E-state index is -1.26. The lowest BCUT2D eigenvalue weighted by atomic mass is 10.9. The highest BCUT2D eigenvalue weighted by atomic mass is 79.9. The summed E-state index contributed by atoms with van der Waals surface area (Å²) in [7, 11) is 0.599. The fraction of sp³-hybridized carbons (Fsp3) is 1.00. The molecule has 0 aliphatic heterocycles. The van der Waals surface area contributed by atoms with Crippen molar-refractivity contribution in [3.05, 3.63) is 0 Å². The normalized spacial score (nSPS) is 12.0. The van der Waals surface area contributed by atoms with Crippen molar-refractivity contribution >= 4 is 24.2 Å². The average molecular weight is 225 g/mol. The summed E-state index contributed by atoms with van der Waals surface area (Å²) < 4.78 is 5.59. The summed E-state index contributed by atoms with van der Waals surface area (Å²) in [4.78, 5) is 0. The third-order valence-corrected chi connectivity index (χ3v) is 8.00. The van der Waals surface area contributed by atoms with E-state index in [1.807, 2.05) is 7.11 Å². The maximum Gasteiger partial charge on any atom is 0.192 e. The van der Waals surface area contributed by atoms with Crippen LogP contribution in [0.1, 0.15) is 13.8 Å². The topological polar surface area (TPSA) is 9.23 Å². The number of hydrogen-bond acceptors (Lipinski definition) is 1. The van der Waals surface area contributed by atoms with Crippen molar-refractivity contribution in [1.82, 2.24) is 0 Å². The smallest absolute Gasteiger partial charge is 0.192 e. The zero-order chi connectivity index (χ0) is 8.04. The van der Waals surface area contributed by atoms with Crippen molar-refractivity contribution in [3.8, 4) is 0 Å². The Bertz CT molecular complexity index is 75.4. The molecule has 0 fully saturated rings. The number of hydrogen-bond donors (Lipinski definition) is 0. The van der Waals surface area contributed by atoms with Crippen LogP contribution in [0.2, 0.25) is 18.1 Å². The zero-order valence-electron chi connectivity index (χ0n) is 7.11. The highest BCUT2D eigenvalue weighted by Crippen LogP contribution is 2.21. The van der Waals surface area contributed by atoms with E-state index in [0.717, 1.165) is 5.33 Å². The Labute approximate surface area is 73.4 Å². The predicted molar refractivity (Wildman–Crippen MR) is 52.3 cm³/mol. The number of halogens is 1. The van der Waals surface area contributed by atoms with Gasteiger partial charge in [-0.25, -0.2) is 0 Å². The Morgan fingerprint density at radius 1 is 1.30 bits per heavy atom. The second kappa shape index (κ2) is 5.33. The van der Waals surface area contributed by atoms with Crippen molar-refractivity contribution in [2.24, 2.45) is 0 Å². The quantitative estimate of drug-likeness (QED) is 0.516. The summed E-state index contributed by atoms with van der Waals surface area (Å²) in [6.07, 6.45) is 0. The molecule has 0 unspecified atom stereocenters. The maximum absolute atomic E-state index is 5.59. The third kappa shape index (κ3) is 2.72. The Hall–Kier alpha value is 0.657. The summed E-state index contributed by atoms with van der Waals surface area (Å²) >= 11 is 3.46. The van der Waals surface area contributed by atoms with Gasteiger partial charge in [0.1, 0.15) is 0 Å². The van der Waals surface area contributed by atoms with Gasteiger partial charge in [0.05, 0.1) is 0 Å². The molecule has 0 aliphatic rings. The third-order valence-electron chi connectivity index (χ3n) is 2.27. The highest BCUT2D eigenvalue weighted by Gasteiger charge is 2.28. The Morgan fingerprint density at radius 3 is 1.90 bits per heavy atom. The van der Waals surface area contributed by atoms with E-state index in [1.165, 1.54) is 18.1 Å². The summed E-state index contributed by atoms with van der Waals surface area (Å²) in [5.74, 6) is 0. The number of alkyl halides is 1. The molecule has 0 aromatic carbocycles. The van der Waals surface area contributed by atoms with Crippen LogP contribution in [0.3, 0.4) is 0 Å². The minimum absolute atomic E-state index is 1.09. The SMILES string of the molecule is CC[Si](CC)(CCBr)OC. The van der Waals surface area contributed by atoms with Gasteiger partial charge < -0.3 is 4.43 Å². The summed E-state index contributed by atoms with van der Waals surface area (Å²) in [6, 6.07) is 3.73. The van der Waals surface area contributed by atoms with Gasteiger partial charge in [-0.15, -0.1) is 0 Å². The lowest BCUT2D eigenvalue weighted by Gasteiger charge is -2.25. The second-order valence-electron chi connectivity index (χ2n) is 2.53. The summed E-state index contributed by atoms with van der Waals surface area (Å²) in [5.41, 5.74) is 0. The monoisotopic (exact) mass is 224 g/mol. The average Bonchev–Trinajstić information content (AvgIpc) is 2.01. The van der Waals surface area contributed by atoms with E-state index in [2.05, 4.69) is 29.8 Å². The van der Waals surface area contributed by atoms with E-state index in [9.17, 15) is 0 Å². The highest BCUT2D eigenvalue weighted by molar-refractivity contribution is 9.09. The second-order valence-corrected chi connectivity index (χ2v) is 8.01. The van der Waals surface area contributed by atoms with E-state index in [4.69, 9.17) is 4.43 Å². The molecule has 0 aromatic rings. The van der Waals surface area contributed by atoms with Crippen molar-refractivity contribution in [2.75, 3.05) is 12.4 Å². The van der Waals surface area contributed by atoms with Gasteiger partial charge in [-0.1, -0.05) is 29.8 Å². The van der Waals surface area contributed by atoms with Gasteiger partial charge in [0.25, 0.3) is 0 Å². The van der Waals surface area contributed by atoms with Crippen LogP contribution in [0.25, 0.3) is 0 Å². The molecule has 1 nitrogen and oxygen atoms in total.